The Morgan fingerprint density at radius 1 is 1.29 bits per heavy atom. The van der Waals surface area contributed by atoms with Gasteiger partial charge in [0, 0.05) is 12.1 Å². The fraction of sp³-hybridized carbons (Fsp3) is 0.909. The second-order valence-corrected chi connectivity index (χ2v) is 3.94. The van der Waals surface area contributed by atoms with E-state index in [0.29, 0.717) is 6.04 Å². The molecule has 0 bridgehead atoms. The van der Waals surface area contributed by atoms with E-state index in [1.165, 1.54) is 0 Å². The van der Waals surface area contributed by atoms with E-state index >= 15 is 0 Å². The molecule has 0 aromatic rings. The third kappa shape index (κ3) is 6.89. The van der Waals surface area contributed by atoms with Gasteiger partial charge in [-0.1, -0.05) is 26.7 Å². The number of aliphatic carboxylic acids is 1. The Bertz CT molecular complexity index is 159. The van der Waals surface area contributed by atoms with Crippen LogP contribution in [0.5, 0.6) is 0 Å². The highest BCUT2D eigenvalue weighted by atomic mass is 16.4. The van der Waals surface area contributed by atoms with Gasteiger partial charge in [-0.2, -0.15) is 0 Å². The number of carbonyl (C=O) groups is 1. The fourth-order valence-corrected chi connectivity index (χ4v) is 1.72. The molecule has 2 atom stereocenters. The Labute approximate surface area is 86.9 Å². The molecule has 14 heavy (non-hydrogen) atoms. The smallest absolute Gasteiger partial charge is 0.304 e. The van der Waals surface area contributed by atoms with Crippen LogP contribution in [0, 0.1) is 0 Å². The highest BCUT2D eigenvalue weighted by Gasteiger charge is 2.13. The molecule has 0 radical (unpaired) electrons. The number of carboxylic acids is 1. The van der Waals surface area contributed by atoms with E-state index in [0.717, 1.165) is 25.7 Å². The maximum Gasteiger partial charge on any atom is 0.304 e. The number of carboxylic acid groups (broad SMARTS) is 1. The average Bonchev–Trinajstić information content (AvgIpc) is 2.03. The lowest BCUT2D eigenvalue weighted by atomic mass is 10.1. The molecular formula is C11H23NO2. The Morgan fingerprint density at radius 3 is 2.29 bits per heavy atom. The second-order valence-electron chi connectivity index (χ2n) is 3.94. The van der Waals surface area contributed by atoms with E-state index in [-0.39, 0.29) is 12.5 Å². The molecule has 3 heteroatoms. The predicted octanol–water partition coefficient (Wildman–Crippen LogP) is 2.41. The van der Waals surface area contributed by atoms with Gasteiger partial charge in [0.1, 0.15) is 0 Å². The highest BCUT2D eigenvalue weighted by molar-refractivity contribution is 5.67. The van der Waals surface area contributed by atoms with Crippen molar-refractivity contribution in [1.82, 2.24) is 5.32 Å². The van der Waals surface area contributed by atoms with Gasteiger partial charge in [-0.15, -0.1) is 0 Å². The van der Waals surface area contributed by atoms with Crippen LogP contribution in [0.3, 0.4) is 0 Å². The minimum absolute atomic E-state index is 0.138. The zero-order valence-electron chi connectivity index (χ0n) is 9.55. The summed E-state index contributed by atoms with van der Waals surface area (Å²) >= 11 is 0. The van der Waals surface area contributed by atoms with Crippen molar-refractivity contribution in [3.05, 3.63) is 0 Å². The van der Waals surface area contributed by atoms with E-state index in [2.05, 4.69) is 26.1 Å². The Hall–Kier alpha value is -0.570. The van der Waals surface area contributed by atoms with Crippen LogP contribution >= 0.6 is 0 Å². The minimum atomic E-state index is -0.709. The van der Waals surface area contributed by atoms with Crippen molar-refractivity contribution in [3.63, 3.8) is 0 Å². The van der Waals surface area contributed by atoms with Gasteiger partial charge in [-0.25, -0.2) is 0 Å². The van der Waals surface area contributed by atoms with Crippen LogP contribution in [0.15, 0.2) is 0 Å². The molecule has 0 spiro atoms. The number of rotatable bonds is 8. The van der Waals surface area contributed by atoms with Crippen molar-refractivity contribution < 1.29 is 9.90 Å². The van der Waals surface area contributed by atoms with Gasteiger partial charge in [-0.05, 0) is 19.8 Å². The topological polar surface area (TPSA) is 49.3 Å². The molecule has 84 valence electrons. The van der Waals surface area contributed by atoms with E-state index in [9.17, 15) is 4.79 Å². The second kappa shape index (κ2) is 7.80. The predicted molar refractivity (Wildman–Crippen MR) is 58.5 cm³/mol. The average molecular weight is 201 g/mol. The van der Waals surface area contributed by atoms with Crippen molar-refractivity contribution in [1.29, 1.82) is 0 Å². The Morgan fingerprint density at radius 2 is 1.86 bits per heavy atom. The van der Waals surface area contributed by atoms with Gasteiger partial charge in [0.2, 0.25) is 0 Å². The molecule has 0 aliphatic rings. The molecule has 0 saturated carbocycles. The summed E-state index contributed by atoms with van der Waals surface area (Å²) in [4.78, 5) is 10.6. The SMILES string of the molecule is CCCC(C)NC(CCC)CC(=O)O. The van der Waals surface area contributed by atoms with Gasteiger partial charge < -0.3 is 10.4 Å². The summed E-state index contributed by atoms with van der Waals surface area (Å²) in [6.07, 6.45) is 4.46. The van der Waals surface area contributed by atoms with Crippen molar-refractivity contribution >= 4 is 5.97 Å². The molecule has 0 aromatic carbocycles. The zero-order valence-corrected chi connectivity index (χ0v) is 9.55. The van der Waals surface area contributed by atoms with Gasteiger partial charge in [0.05, 0.1) is 6.42 Å². The summed E-state index contributed by atoms with van der Waals surface area (Å²) in [5.41, 5.74) is 0. The summed E-state index contributed by atoms with van der Waals surface area (Å²) in [5.74, 6) is -0.709. The van der Waals surface area contributed by atoms with E-state index in [1.54, 1.807) is 0 Å². The van der Waals surface area contributed by atoms with E-state index in [4.69, 9.17) is 5.11 Å². The molecule has 0 rings (SSSR count). The first-order valence-electron chi connectivity index (χ1n) is 5.57. The van der Waals surface area contributed by atoms with Crippen LogP contribution in [-0.2, 0) is 4.79 Å². The molecular weight excluding hydrogens is 178 g/mol. The van der Waals surface area contributed by atoms with Crippen LogP contribution < -0.4 is 5.32 Å². The van der Waals surface area contributed by atoms with Crippen LogP contribution in [0.4, 0.5) is 0 Å². The van der Waals surface area contributed by atoms with Crippen LogP contribution in [0.25, 0.3) is 0 Å². The minimum Gasteiger partial charge on any atom is -0.481 e. The molecule has 2 unspecified atom stereocenters. The fourth-order valence-electron chi connectivity index (χ4n) is 1.72. The number of hydrogen-bond donors (Lipinski definition) is 2. The Kier molecular flexibility index (Phi) is 7.48. The molecule has 3 nitrogen and oxygen atoms in total. The van der Waals surface area contributed by atoms with E-state index in [1.807, 2.05) is 0 Å². The summed E-state index contributed by atoms with van der Waals surface area (Å²) < 4.78 is 0. The molecule has 2 N–H and O–H groups in total. The van der Waals surface area contributed by atoms with E-state index < -0.39 is 5.97 Å². The number of nitrogens with one attached hydrogen (secondary N) is 1. The highest BCUT2D eigenvalue weighted by Crippen LogP contribution is 2.05. The van der Waals surface area contributed by atoms with Gasteiger partial charge in [-0.3, -0.25) is 4.79 Å². The molecule has 0 amide bonds. The molecule has 0 aromatic heterocycles. The Balaban J connectivity index is 3.87. The summed E-state index contributed by atoms with van der Waals surface area (Å²) in [5, 5.41) is 12.1. The third-order valence-electron chi connectivity index (χ3n) is 2.30. The van der Waals surface area contributed by atoms with Crippen LogP contribution in [0.2, 0.25) is 0 Å². The maximum atomic E-state index is 10.6. The lowest BCUT2D eigenvalue weighted by molar-refractivity contribution is -0.137. The van der Waals surface area contributed by atoms with Crippen LogP contribution in [0.1, 0.15) is 52.9 Å². The van der Waals surface area contributed by atoms with Crippen molar-refractivity contribution in [2.75, 3.05) is 0 Å². The van der Waals surface area contributed by atoms with Gasteiger partial charge >= 0.3 is 5.97 Å². The molecule has 0 heterocycles. The third-order valence-corrected chi connectivity index (χ3v) is 2.30. The first-order valence-corrected chi connectivity index (χ1v) is 5.57. The quantitative estimate of drug-likeness (QED) is 0.634. The molecule has 0 saturated heterocycles. The van der Waals surface area contributed by atoms with Crippen LogP contribution in [-0.4, -0.2) is 23.2 Å². The largest absolute Gasteiger partial charge is 0.481 e. The first kappa shape index (κ1) is 13.4. The number of hydrogen-bond acceptors (Lipinski definition) is 2. The van der Waals surface area contributed by atoms with Gasteiger partial charge in [0.15, 0.2) is 0 Å². The van der Waals surface area contributed by atoms with Crippen molar-refractivity contribution in [2.24, 2.45) is 0 Å². The van der Waals surface area contributed by atoms with Crippen molar-refractivity contribution in [2.45, 2.75) is 65.0 Å². The molecule has 0 aliphatic heterocycles. The summed E-state index contributed by atoms with van der Waals surface area (Å²) in [7, 11) is 0. The van der Waals surface area contributed by atoms with Crippen molar-refractivity contribution in [3.8, 4) is 0 Å². The standard InChI is InChI=1S/C11H23NO2/c1-4-6-9(3)12-10(7-5-2)8-11(13)14/h9-10,12H,4-8H2,1-3H3,(H,13,14). The van der Waals surface area contributed by atoms with Gasteiger partial charge in [0.25, 0.3) is 0 Å². The molecule has 0 fully saturated rings. The first-order chi connectivity index (χ1) is 6.60. The monoisotopic (exact) mass is 201 g/mol. The normalized spacial score (nSPS) is 15.1. The molecule has 0 aliphatic carbocycles. The summed E-state index contributed by atoms with van der Waals surface area (Å²) in [6, 6.07) is 0.565. The zero-order chi connectivity index (χ0) is 11.0. The maximum absolute atomic E-state index is 10.6. The summed E-state index contributed by atoms with van der Waals surface area (Å²) in [6.45, 7) is 6.35. The lowest BCUT2D eigenvalue weighted by Gasteiger charge is -2.21. The lowest BCUT2D eigenvalue weighted by Crippen LogP contribution is -2.37.